The zero-order valence-electron chi connectivity index (χ0n) is 12.1. The highest BCUT2D eigenvalue weighted by Crippen LogP contribution is 2.38. The molecule has 0 saturated carbocycles. The van der Waals surface area contributed by atoms with E-state index >= 15 is 0 Å². The number of hydrogen-bond acceptors (Lipinski definition) is 4. The molecule has 4 rings (SSSR count). The van der Waals surface area contributed by atoms with E-state index in [1.807, 2.05) is 6.92 Å². The van der Waals surface area contributed by atoms with Gasteiger partial charge >= 0.3 is 0 Å². The highest BCUT2D eigenvalue weighted by Gasteiger charge is 2.47. The lowest BCUT2D eigenvalue weighted by atomic mass is 10.0. The van der Waals surface area contributed by atoms with Gasteiger partial charge in [0, 0.05) is 25.0 Å². The van der Waals surface area contributed by atoms with E-state index < -0.39 is 10.0 Å². The first kappa shape index (κ1) is 13.5. The molecule has 0 amide bonds. The van der Waals surface area contributed by atoms with Gasteiger partial charge in [0.1, 0.15) is 5.75 Å². The molecule has 3 aliphatic heterocycles. The summed E-state index contributed by atoms with van der Waals surface area (Å²) in [7, 11) is -3.43. The normalized spacial score (nSPS) is 32.0. The third kappa shape index (κ3) is 2.00. The van der Waals surface area contributed by atoms with Crippen molar-refractivity contribution in [2.45, 2.75) is 36.7 Å². The molecule has 3 heterocycles. The van der Waals surface area contributed by atoms with Crippen molar-refractivity contribution in [1.29, 1.82) is 0 Å². The van der Waals surface area contributed by atoms with E-state index in [1.54, 1.807) is 22.5 Å². The number of ether oxygens (including phenoxy) is 1. The van der Waals surface area contributed by atoms with Gasteiger partial charge < -0.3 is 10.1 Å². The van der Waals surface area contributed by atoms with E-state index in [0.29, 0.717) is 17.4 Å². The second-order valence-corrected chi connectivity index (χ2v) is 8.12. The lowest BCUT2D eigenvalue weighted by Crippen LogP contribution is -2.42. The van der Waals surface area contributed by atoms with E-state index in [-0.39, 0.29) is 12.1 Å². The van der Waals surface area contributed by atoms with E-state index in [2.05, 4.69) is 5.32 Å². The molecule has 0 radical (unpaired) electrons. The summed E-state index contributed by atoms with van der Waals surface area (Å²) >= 11 is 0. The summed E-state index contributed by atoms with van der Waals surface area (Å²) < 4.78 is 33.3. The van der Waals surface area contributed by atoms with Crippen LogP contribution in [-0.2, 0) is 16.4 Å². The Balaban J connectivity index is 1.73. The molecule has 3 aliphatic rings. The average Bonchev–Trinajstić information content (AvgIpc) is 3.11. The van der Waals surface area contributed by atoms with Crippen molar-refractivity contribution < 1.29 is 13.2 Å². The minimum Gasteiger partial charge on any atom is -0.493 e. The summed E-state index contributed by atoms with van der Waals surface area (Å²) in [6.45, 7) is 4.36. The SMILES string of the molecule is CC1CC2CNCC2N1S(=O)(=O)c1ccc2c(c1)CCO2. The number of rotatable bonds is 2. The largest absolute Gasteiger partial charge is 0.493 e. The van der Waals surface area contributed by atoms with Gasteiger partial charge in [0.2, 0.25) is 10.0 Å². The molecule has 3 atom stereocenters. The predicted molar refractivity (Wildman–Crippen MR) is 78.9 cm³/mol. The standard InChI is InChI=1S/C15H20N2O3S/c1-10-6-12-8-16-9-14(12)17(10)21(18,19)13-2-3-15-11(7-13)4-5-20-15/h2-3,7,10,12,14,16H,4-6,8-9H2,1H3. The van der Waals surface area contributed by atoms with Gasteiger partial charge in [0.15, 0.2) is 0 Å². The second-order valence-electron chi connectivity index (χ2n) is 6.27. The van der Waals surface area contributed by atoms with Crippen molar-refractivity contribution >= 4 is 10.0 Å². The molecule has 1 N–H and O–H groups in total. The molecule has 1 aromatic carbocycles. The fourth-order valence-electron chi connectivity index (χ4n) is 3.99. The Hall–Kier alpha value is -1.11. The molecule has 114 valence electrons. The lowest BCUT2D eigenvalue weighted by Gasteiger charge is -2.26. The van der Waals surface area contributed by atoms with Gasteiger partial charge in [-0.1, -0.05) is 0 Å². The van der Waals surface area contributed by atoms with E-state index in [9.17, 15) is 8.42 Å². The predicted octanol–water partition coefficient (Wildman–Crippen LogP) is 0.992. The van der Waals surface area contributed by atoms with Crippen molar-refractivity contribution in [3.05, 3.63) is 23.8 Å². The summed E-state index contributed by atoms with van der Waals surface area (Å²) in [5.41, 5.74) is 1.00. The van der Waals surface area contributed by atoms with Gasteiger partial charge in [-0.15, -0.1) is 0 Å². The molecule has 6 heteroatoms. The zero-order chi connectivity index (χ0) is 14.6. The summed E-state index contributed by atoms with van der Waals surface area (Å²) in [6.07, 6.45) is 1.74. The highest BCUT2D eigenvalue weighted by atomic mass is 32.2. The molecule has 0 bridgehead atoms. The fourth-order valence-corrected chi connectivity index (χ4v) is 5.92. The van der Waals surface area contributed by atoms with Gasteiger partial charge in [-0.25, -0.2) is 8.42 Å². The summed E-state index contributed by atoms with van der Waals surface area (Å²) in [5, 5.41) is 3.31. The second kappa shape index (κ2) is 4.69. The van der Waals surface area contributed by atoms with Crippen molar-refractivity contribution in [3.8, 4) is 5.75 Å². The van der Waals surface area contributed by atoms with E-state index in [1.165, 1.54) is 0 Å². The number of hydrogen-bond donors (Lipinski definition) is 1. The molecule has 0 aliphatic carbocycles. The Kier molecular flexibility index (Phi) is 3.03. The third-order valence-electron chi connectivity index (χ3n) is 4.95. The number of benzene rings is 1. The Labute approximate surface area is 125 Å². The number of nitrogens with one attached hydrogen (secondary N) is 1. The smallest absolute Gasteiger partial charge is 0.243 e. The minimum atomic E-state index is -3.43. The van der Waals surface area contributed by atoms with Crippen LogP contribution < -0.4 is 10.1 Å². The molecule has 5 nitrogen and oxygen atoms in total. The van der Waals surface area contributed by atoms with Gasteiger partial charge in [-0.3, -0.25) is 0 Å². The molecule has 0 aromatic heterocycles. The molecule has 3 unspecified atom stereocenters. The maximum absolute atomic E-state index is 13.0. The van der Waals surface area contributed by atoms with Gasteiger partial charge in [0.05, 0.1) is 11.5 Å². The molecular formula is C15H20N2O3S. The lowest BCUT2D eigenvalue weighted by molar-refractivity contribution is 0.335. The minimum absolute atomic E-state index is 0.0802. The first-order valence-corrected chi connectivity index (χ1v) is 9.01. The number of nitrogens with zero attached hydrogens (tertiary/aromatic N) is 1. The first-order chi connectivity index (χ1) is 10.1. The molecule has 2 fully saturated rings. The highest BCUT2D eigenvalue weighted by molar-refractivity contribution is 7.89. The van der Waals surface area contributed by atoms with Crippen LogP contribution in [-0.4, -0.2) is 44.5 Å². The van der Waals surface area contributed by atoms with Crippen LogP contribution in [0.1, 0.15) is 18.9 Å². The Morgan fingerprint density at radius 1 is 1.33 bits per heavy atom. The van der Waals surface area contributed by atoms with Crippen LogP contribution in [0.3, 0.4) is 0 Å². The van der Waals surface area contributed by atoms with Crippen molar-refractivity contribution in [3.63, 3.8) is 0 Å². The Morgan fingerprint density at radius 3 is 3.05 bits per heavy atom. The summed E-state index contributed by atoms with van der Waals surface area (Å²) in [5.74, 6) is 1.27. The quantitative estimate of drug-likeness (QED) is 0.885. The first-order valence-electron chi connectivity index (χ1n) is 7.57. The maximum atomic E-state index is 13.0. The zero-order valence-corrected chi connectivity index (χ0v) is 12.9. The van der Waals surface area contributed by atoms with Crippen LogP contribution >= 0.6 is 0 Å². The number of sulfonamides is 1. The van der Waals surface area contributed by atoms with E-state index in [0.717, 1.165) is 37.2 Å². The van der Waals surface area contributed by atoms with Crippen LogP contribution in [0.2, 0.25) is 0 Å². The van der Waals surface area contributed by atoms with Gasteiger partial charge in [-0.05, 0) is 49.6 Å². The molecule has 21 heavy (non-hydrogen) atoms. The third-order valence-corrected chi connectivity index (χ3v) is 6.98. The Morgan fingerprint density at radius 2 is 2.19 bits per heavy atom. The average molecular weight is 308 g/mol. The van der Waals surface area contributed by atoms with Gasteiger partial charge in [-0.2, -0.15) is 4.31 Å². The Bertz CT molecular complexity index is 673. The van der Waals surface area contributed by atoms with Crippen molar-refractivity contribution in [2.75, 3.05) is 19.7 Å². The van der Waals surface area contributed by atoms with Crippen molar-refractivity contribution in [1.82, 2.24) is 9.62 Å². The van der Waals surface area contributed by atoms with Crippen molar-refractivity contribution in [2.24, 2.45) is 5.92 Å². The molecule has 2 saturated heterocycles. The maximum Gasteiger partial charge on any atom is 0.243 e. The topological polar surface area (TPSA) is 58.6 Å². The molecular weight excluding hydrogens is 288 g/mol. The summed E-state index contributed by atoms with van der Waals surface area (Å²) in [4.78, 5) is 0.408. The van der Waals surface area contributed by atoms with Crippen LogP contribution in [0.5, 0.6) is 5.75 Å². The molecule has 0 spiro atoms. The van der Waals surface area contributed by atoms with Crippen LogP contribution in [0.15, 0.2) is 23.1 Å². The number of fused-ring (bicyclic) bond motifs is 2. The molecule has 1 aromatic rings. The van der Waals surface area contributed by atoms with E-state index in [4.69, 9.17) is 4.74 Å². The fraction of sp³-hybridized carbons (Fsp3) is 0.600. The van der Waals surface area contributed by atoms with Crippen LogP contribution in [0, 0.1) is 5.92 Å². The van der Waals surface area contributed by atoms with Crippen LogP contribution in [0.25, 0.3) is 0 Å². The summed E-state index contributed by atoms with van der Waals surface area (Å²) in [6, 6.07) is 5.45. The van der Waals surface area contributed by atoms with Gasteiger partial charge in [0.25, 0.3) is 0 Å². The van der Waals surface area contributed by atoms with Crippen LogP contribution in [0.4, 0.5) is 0 Å². The monoisotopic (exact) mass is 308 g/mol.